The number of aryl methyl sites for hydroxylation is 1. The summed E-state index contributed by atoms with van der Waals surface area (Å²) in [5.74, 6) is -1.45. The Morgan fingerprint density at radius 3 is 2.86 bits per heavy atom. The van der Waals surface area contributed by atoms with E-state index in [-0.39, 0.29) is 30.5 Å². The molecule has 0 aliphatic carbocycles. The fourth-order valence-electron chi connectivity index (χ4n) is 4.65. The van der Waals surface area contributed by atoms with E-state index in [0.717, 1.165) is 16.9 Å². The monoisotopic (exact) mass is 484 g/mol. The molecule has 1 fully saturated rings. The number of piperidine rings is 1. The summed E-state index contributed by atoms with van der Waals surface area (Å²) in [7, 11) is 0. The molecule has 0 bridgehead atoms. The highest BCUT2D eigenvalue weighted by atomic mass is 16.2. The summed E-state index contributed by atoms with van der Waals surface area (Å²) in [5.41, 5.74) is 4.21. The van der Waals surface area contributed by atoms with Gasteiger partial charge in [0.25, 0.3) is 11.8 Å². The van der Waals surface area contributed by atoms with Crippen molar-refractivity contribution in [2.45, 2.75) is 32.4 Å². The summed E-state index contributed by atoms with van der Waals surface area (Å²) in [5, 5.41) is 13.2. The number of imide groups is 1. The van der Waals surface area contributed by atoms with Crippen molar-refractivity contribution in [3.63, 3.8) is 0 Å². The average Bonchev–Trinajstić information content (AvgIpc) is 3.60. The number of nitrogens with one attached hydrogen (secondary N) is 2. The molecule has 0 spiro atoms. The van der Waals surface area contributed by atoms with Gasteiger partial charge in [-0.15, -0.1) is 5.10 Å². The van der Waals surface area contributed by atoms with Crippen molar-refractivity contribution in [1.29, 1.82) is 0 Å². The lowest BCUT2D eigenvalue weighted by atomic mass is 10.0. The number of fused-ring (bicyclic) bond motifs is 2. The van der Waals surface area contributed by atoms with Gasteiger partial charge in [0.1, 0.15) is 11.7 Å². The summed E-state index contributed by atoms with van der Waals surface area (Å²) in [6, 6.07) is 8.07. The zero-order valence-electron chi connectivity index (χ0n) is 19.1. The minimum Gasteiger partial charge on any atom is -0.322 e. The number of carbonyl (C=O) groups is 4. The fourth-order valence-corrected chi connectivity index (χ4v) is 4.65. The summed E-state index contributed by atoms with van der Waals surface area (Å²) in [6.07, 6.45) is 5.51. The second kappa shape index (κ2) is 8.12. The normalized spacial score (nSPS) is 17.4. The highest BCUT2D eigenvalue weighted by Crippen LogP contribution is 2.29. The molecule has 6 rings (SSSR count). The lowest BCUT2D eigenvalue weighted by molar-refractivity contribution is -0.136. The first-order valence-corrected chi connectivity index (χ1v) is 11.3. The zero-order chi connectivity index (χ0) is 25.0. The van der Waals surface area contributed by atoms with Gasteiger partial charge >= 0.3 is 0 Å². The van der Waals surface area contributed by atoms with Gasteiger partial charge in [-0.25, -0.2) is 9.67 Å². The molecule has 0 radical (unpaired) electrons. The summed E-state index contributed by atoms with van der Waals surface area (Å²) in [6.45, 7) is 2.12. The molecule has 1 saturated heterocycles. The van der Waals surface area contributed by atoms with Gasteiger partial charge in [-0.05, 0) is 49.2 Å². The van der Waals surface area contributed by atoms with Crippen molar-refractivity contribution in [2.24, 2.45) is 0 Å². The Hall–Kier alpha value is -4.87. The van der Waals surface area contributed by atoms with E-state index in [2.05, 4.69) is 25.9 Å². The van der Waals surface area contributed by atoms with Crippen LogP contribution in [0.15, 0.2) is 48.9 Å². The molecule has 0 saturated carbocycles. The topological polar surface area (TPSA) is 144 Å². The number of benzene rings is 1. The van der Waals surface area contributed by atoms with Crippen molar-refractivity contribution in [1.82, 2.24) is 34.6 Å². The van der Waals surface area contributed by atoms with Gasteiger partial charge in [-0.2, -0.15) is 0 Å². The van der Waals surface area contributed by atoms with Gasteiger partial charge in [0.15, 0.2) is 5.69 Å². The Morgan fingerprint density at radius 1 is 1.17 bits per heavy atom. The van der Waals surface area contributed by atoms with Gasteiger partial charge in [0.2, 0.25) is 11.8 Å². The van der Waals surface area contributed by atoms with Crippen LogP contribution in [0.1, 0.15) is 44.9 Å². The predicted octanol–water partition coefficient (Wildman–Crippen LogP) is 1.24. The van der Waals surface area contributed by atoms with Crippen LogP contribution in [-0.2, 0) is 16.1 Å². The van der Waals surface area contributed by atoms with Crippen molar-refractivity contribution >= 4 is 35.0 Å². The van der Waals surface area contributed by atoms with Crippen molar-refractivity contribution in [2.75, 3.05) is 5.32 Å². The molecule has 12 heteroatoms. The van der Waals surface area contributed by atoms with E-state index < -0.39 is 17.9 Å². The van der Waals surface area contributed by atoms with Crippen LogP contribution in [0.4, 0.5) is 5.69 Å². The van der Waals surface area contributed by atoms with E-state index in [1.165, 1.54) is 15.8 Å². The van der Waals surface area contributed by atoms with Crippen LogP contribution in [0.3, 0.4) is 0 Å². The van der Waals surface area contributed by atoms with E-state index in [9.17, 15) is 19.2 Å². The Labute approximate surface area is 203 Å². The number of imidazole rings is 1. The van der Waals surface area contributed by atoms with E-state index in [0.29, 0.717) is 23.4 Å². The highest BCUT2D eigenvalue weighted by molar-refractivity contribution is 6.05. The van der Waals surface area contributed by atoms with Crippen molar-refractivity contribution in [3.8, 4) is 5.69 Å². The molecular formula is C24H20N8O4. The van der Waals surface area contributed by atoms with Gasteiger partial charge in [0.05, 0.1) is 17.6 Å². The second-order valence-electron chi connectivity index (χ2n) is 8.73. The first kappa shape index (κ1) is 21.6. The first-order valence-electron chi connectivity index (χ1n) is 11.3. The third kappa shape index (κ3) is 3.50. The average molecular weight is 484 g/mol. The third-order valence-corrected chi connectivity index (χ3v) is 6.57. The molecule has 3 aromatic heterocycles. The Kier molecular flexibility index (Phi) is 4.88. The van der Waals surface area contributed by atoms with Gasteiger partial charge in [-0.1, -0.05) is 5.21 Å². The summed E-state index contributed by atoms with van der Waals surface area (Å²) < 4.78 is 3.33. The number of anilines is 1. The molecule has 5 heterocycles. The van der Waals surface area contributed by atoms with Crippen LogP contribution in [0.25, 0.3) is 11.3 Å². The van der Waals surface area contributed by atoms with Crippen LogP contribution in [0, 0.1) is 6.92 Å². The molecule has 2 aliphatic heterocycles. The van der Waals surface area contributed by atoms with Crippen LogP contribution >= 0.6 is 0 Å². The van der Waals surface area contributed by atoms with Gasteiger partial charge < -0.3 is 14.6 Å². The number of carbonyl (C=O) groups excluding carboxylic acids is 4. The van der Waals surface area contributed by atoms with Crippen molar-refractivity contribution in [3.05, 3.63) is 71.4 Å². The maximum Gasteiger partial charge on any atom is 0.277 e. The van der Waals surface area contributed by atoms with E-state index >= 15 is 0 Å². The van der Waals surface area contributed by atoms with E-state index in [4.69, 9.17) is 0 Å². The van der Waals surface area contributed by atoms with Gasteiger partial charge in [-0.3, -0.25) is 24.5 Å². The van der Waals surface area contributed by atoms with Crippen LogP contribution in [0.2, 0.25) is 0 Å². The van der Waals surface area contributed by atoms with Crippen molar-refractivity contribution < 1.29 is 19.2 Å². The molecule has 4 aromatic rings. The largest absolute Gasteiger partial charge is 0.322 e. The lowest BCUT2D eigenvalue weighted by Gasteiger charge is -2.29. The zero-order valence-corrected chi connectivity index (χ0v) is 19.1. The molecule has 36 heavy (non-hydrogen) atoms. The molecule has 180 valence electrons. The predicted molar refractivity (Wildman–Crippen MR) is 125 cm³/mol. The molecule has 1 unspecified atom stereocenters. The maximum atomic E-state index is 12.9. The smallest absolute Gasteiger partial charge is 0.277 e. The van der Waals surface area contributed by atoms with E-state index in [1.807, 2.05) is 23.6 Å². The van der Waals surface area contributed by atoms with Gasteiger partial charge in [0, 0.05) is 36.6 Å². The molecule has 4 amide bonds. The minimum atomic E-state index is -0.683. The van der Waals surface area contributed by atoms with E-state index in [1.54, 1.807) is 30.5 Å². The molecule has 2 N–H and O–H groups in total. The molecule has 2 aliphatic rings. The Bertz CT molecular complexity index is 1590. The second-order valence-corrected chi connectivity index (χ2v) is 8.73. The number of pyridine rings is 1. The maximum absolute atomic E-state index is 12.9. The number of rotatable bonds is 4. The number of aromatic nitrogens is 5. The molecule has 1 aromatic carbocycles. The lowest BCUT2D eigenvalue weighted by Crippen LogP contribution is -2.52. The third-order valence-electron chi connectivity index (χ3n) is 6.57. The molecule has 12 nitrogen and oxygen atoms in total. The molecular weight excluding hydrogens is 464 g/mol. The Balaban J connectivity index is 1.20. The standard InChI is InChI=1S/C24H20N8O4/c1-13-17(4-6-20-25-8-9-30(13)20)26-22(34)18-12-32(29-28-18)15-2-3-16-14(10-15)11-31(24(16)36)19-5-7-21(33)27-23(19)35/h2-4,6,8-10,12,19H,5,7,11H2,1H3,(H,26,34)(H,27,33,35). The number of nitrogens with zero attached hydrogens (tertiary/aromatic N) is 6. The molecule has 1 atom stereocenters. The Morgan fingerprint density at radius 2 is 2.03 bits per heavy atom. The number of hydrogen-bond donors (Lipinski definition) is 2. The SMILES string of the molecule is Cc1c(NC(=O)c2cn(-c3ccc4c(c3)CN(C3CCC(=O)NC3=O)C4=O)nn2)ccc2nccn12. The van der Waals surface area contributed by atoms with Crippen LogP contribution in [0.5, 0.6) is 0 Å². The minimum absolute atomic E-state index is 0.127. The highest BCUT2D eigenvalue weighted by Gasteiger charge is 2.39. The quantitative estimate of drug-likeness (QED) is 0.415. The summed E-state index contributed by atoms with van der Waals surface area (Å²) in [4.78, 5) is 55.1. The summed E-state index contributed by atoms with van der Waals surface area (Å²) >= 11 is 0. The first-order chi connectivity index (χ1) is 17.4. The number of hydrogen-bond acceptors (Lipinski definition) is 7. The fraction of sp³-hybridized carbons (Fsp3) is 0.208. The number of amides is 4. The van der Waals surface area contributed by atoms with Crippen LogP contribution in [-0.4, -0.2) is 58.9 Å². The van der Waals surface area contributed by atoms with Crippen LogP contribution < -0.4 is 10.6 Å².